The number of hydrogen-bond acceptors (Lipinski definition) is 4. The number of aromatic amines is 1. The third-order valence-electron chi connectivity index (χ3n) is 5.40. The molecule has 0 saturated carbocycles. The van der Waals surface area contributed by atoms with Crippen molar-refractivity contribution < 1.29 is 4.79 Å². The van der Waals surface area contributed by atoms with E-state index in [9.17, 15) is 4.79 Å². The van der Waals surface area contributed by atoms with Crippen molar-refractivity contribution in [3.8, 4) is 0 Å². The van der Waals surface area contributed by atoms with E-state index in [1.807, 2.05) is 73.7 Å². The van der Waals surface area contributed by atoms with Gasteiger partial charge in [0.1, 0.15) is 5.82 Å². The highest BCUT2D eigenvalue weighted by molar-refractivity contribution is 7.71. The zero-order valence-corrected chi connectivity index (χ0v) is 18.8. The van der Waals surface area contributed by atoms with Gasteiger partial charge in [-0.3, -0.25) is 4.79 Å². The number of amides is 1. The van der Waals surface area contributed by atoms with E-state index in [0.717, 1.165) is 35.1 Å². The van der Waals surface area contributed by atoms with Gasteiger partial charge >= 0.3 is 0 Å². The van der Waals surface area contributed by atoms with Crippen LogP contribution in [0.15, 0.2) is 78.9 Å². The largest absolute Gasteiger partial charge is 0.365 e. The summed E-state index contributed by atoms with van der Waals surface area (Å²) < 4.78 is 0.444. The van der Waals surface area contributed by atoms with Crippen LogP contribution in [0.25, 0.3) is 10.9 Å². The molecule has 3 aromatic carbocycles. The van der Waals surface area contributed by atoms with E-state index in [1.54, 1.807) is 0 Å². The molecule has 1 heterocycles. The minimum Gasteiger partial charge on any atom is -0.365 e. The number of nitrogens with one attached hydrogen (secondary N) is 3. The molecule has 5 nitrogen and oxygen atoms in total. The molecule has 1 amide bonds. The molecule has 0 radical (unpaired) electrons. The number of anilines is 1. The fourth-order valence-electron chi connectivity index (χ4n) is 3.61. The number of nitrogens with zero attached hydrogens (tertiary/aromatic N) is 1. The second kappa shape index (κ2) is 10.2. The third-order valence-corrected chi connectivity index (χ3v) is 5.59. The molecule has 162 valence electrons. The number of para-hydroxylation sites is 1. The predicted molar refractivity (Wildman–Crippen MR) is 132 cm³/mol. The Bertz CT molecular complexity index is 1250. The van der Waals surface area contributed by atoms with Gasteiger partial charge in [0.2, 0.25) is 0 Å². The predicted octanol–water partition coefficient (Wildman–Crippen LogP) is 5.66. The summed E-state index contributed by atoms with van der Waals surface area (Å²) >= 11 is 5.23. The summed E-state index contributed by atoms with van der Waals surface area (Å²) in [7, 11) is 0. The summed E-state index contributed by atoms with van der Waals surface area (Å²) in [6.07, 6.45) is 1.84. The molecule has 0 saturated heterocycles. The Kier molecular flexibility index (Phi) is 6.92. The second-order valence-electron chi connectivity index (χ2n) is 7.89. The maximum atomic E-state index is 12.6. The molecule has 3 N–H and O–H groups in total. The fourth-order valence-corrected chi connectivity index (χ4v) is 3.81. The second-order valence-corrected chi connectivity index (χ2v) is 8.27. The lowest BCUT2D eigenvalue weighted by molar-refractivity contribution is 0.0938. The van der Waals surface area contributed by atoms with E-state index in [2.05, 4.69) is 32.7 Å². The first kappa shape index (κ1) is 21.7. The van der Waals surface area contributed by atoms with Gasteiger partial charge in [0.05, 0.1) is 5.52 Å². The Morgan fingerprint density at radius 3 is 2.47 bits per heavy atom. The van der Waals surface area contributed by atoms with Gasteiger partial charge in [-0.2, -0.15) is 0 Å². The number of aryl methyl sites for hydroxylation is 1. The number of H-pyrrole nitrogens is 1. The van der Waals surface area contributed by atoms with Gasteiger partial charge in [-0.1, -0.05) is 54.6 Å². The van der Waals surface area contributed by atoms with Crippen molar-refractivity contribution in [3.63, 3.8) is 0 Å². The summed E-state index contributed by atoms with van der Waals surface area (Å²) in [5.74, 6) is 0.700. The van der Waals surface area contributed by atoms with Gasteiger partial charge in [0, 0.05) is 23.5 Å². The van der Waals surface area contributed by atoms with E-state index in [4.69, 9.17) is 12.2 Å². The van der Waals surface area contributed by atoms with Crippen LogP contribution in [-0.2, 0) is 13.0 Å². The first-order valence-electron chi connectivity index (χ1n) is 10.7. The lowest BCUT2D eigenvalue weighted by Crippen LogP contribution is -2.32. The van der Waals surface area contributed by atoms with Gasteiger partial charge < -0.3 is 15.6 Å². The van der Waals surface area contributed by atoms with E-state index in [-0.39, 0.29) is 11.9 Å². The van der Waals surface area contributed by atoms with E-state index < -0.39 is 0 Å². The van der Waals surface area contributed by atoms with E-state index in [0.29, 0.717) is 16.9 Å². The molecule has 0 spiro atoms. The number of carbonyl (C=O) groups excluding carboxylic acids is 1. The Hall–Kier alpha value is -3.51. The first-order valence-corrected chi connectivity index (χ1v) is 11.2. The Labute approximate surface area is 192 Å². The Morgan fingerprint density at radius 2 is 1.69 bits per heavy atom. The van der Waals surface area contributed by atoms with E-state index >= 15 is 0 Å². The van der Waals surface area contributed by atoms with Crippen LogP contribution in [-0.4, -0.2) is 21.9 Å². The number of benzene rings is 3. The van der Waals surface area contributed by atoms with E-state index in [1.165, 1.54) is 5.56 Å². The van der Waals surface area contributed by atoms with Crippen LogP contribution < -0.4 is 10.6 Å². The molecule has 4 aromatic rings. The molecule has 0 fully saturated rings. The summed E-state index contributed by atoms with van der Waals surface area (Å²) in [6.45, 7) is 2.63. The lowest BCUT2D eigenvalue weighted by atomic mass is 10.1. The van der Waals surface area contributed by atoms with Crippen molar-refractivity contribution in [1.29, 1.82) is 0 Å². The summed E-state index contributed by atoms with van der Waals surface area (Å²) in [6, 6.07) is 26.0. The lowest BCUT2D eigenvalue weighted by Gasteiger charge is -2.14. The van der Waals surface area contributed by atoms with Crippen LogP contribution in [0.3, 0.4) is 0 Å². The van der Waals surface area contributed by atoms with Gasteiger partial charge in [-0.05, 0) is 67.4 Å². The maximum absolute atomic E-state index is 12.6. The number of hydrogen-bond donors (Lipinski definition) is 3. The zero-order valence-electron chi connectivity index (χ0n) is 18.0. The van der Waals surface area contributed by atoms with Crippen LogP contribution in [0.4, 0.5) is 5.82 Å². The highest BCUT2D eigenvalue weighted by atomic mass is 32.1. The minimum atomic E-state index is -0.0490. The van der Waals surface area contributed by atoms with Crippen molar-refractivity contribution in [1.82, 2.24) is 15.3 Å². The fraction of sp³-hybridized carbons (Fsp3) is 0.192. The Balaban J connectivity index is 1.33. The number of rotatable bonds is 8. The normalized spacial score (nSPS) is 11.8. The molecule has 6 heteroatoms. The average Bonchev–Trinajstić information content (AvgIpc) is 2.82. The highest BCUT2D eigenvalue weighted by Gasteiger charge is 2.10. The summed E-state index contributed by atoms with van der Waals surface area (Å²) in [5.41, 5.74) is 3.95. The molecule has 1 aromatic heterocycles. The van der Waals surface area contributed by atoms with Crippen LogP contribution in [0.5, 0.6) is 0 Å². The van der Waals surface area contributed by atoms with Gasteiger partial charge in [0.15, 0.2) is 4.77 Å². The molecule has 0 aliphatic carbocycles. The summed E-state index contributed by atoms with van der Waals surface area (Å²) in [5, 5.41) is 7.44. The Morgan fingerprint density at radius 1 is 0.969 bits per heavy atom. The minimum absolute atomic E-state index is 0.0490. The molecular weight excluding hydrogens is 416 g/mol. The molecule has 0 aliphatic heterocycles. The highest BCUT2D eigenvalue weighted by Crippen LogP contribution is 2.20. The van der Waals surface area contributed by atoms with Crippen LogP contribution in [0.1, 0.15) is 34.8 Å². The number of carbonyl (C=O) groups is 1. The number of aromatic nitrogens is 2. The molecule has 0 aliphatic rings. The topological polar surface area (TPSA) is 69.8 Å². The smallest absolute Gasteiger partial charge is 0.251 e. The van der Waals surface area contributed by atoms with Crippen molar-refractivity contribution in [2.45, 2.75) is 32.4 Å². The number of fused-ring (bicyclic) bond motifs is 1. The average molecular weight is 443 g/mol. The van der Waals surface area contributed by atoms with Crippen LogP contribution >= 0.6 is 12.2 Å². The maximum Gasteiger partial charge on any atom is 0.251 e. The molecular formula is C26H26N4OS. The van der Waals surface area contributed by atoms with Gasteiger partial charge in [-0.25, -0.2) is 4.98 Å². The zero-order chi connectivity index (χ0) is 22.3. The standard InChI is InChI=1S/C26H26N4OS/c1-18(11-12-19-7-3-2-4-8-19)28-25(31)21-15-13-20(14-16-21)17-27-24-22-9-5-6-10-23(22)29-26(32)30-24/h2-10,13-16,18H,11-12,17H2,1H3,(H,28,31)(H2,27,29,30,32). The van der Waals surface area contributed by atoms with Crippen molar-refractivity contribution in [2.24, 2.45) is 0 Å². The van der Waals surface area contributed by atoms with Gasteiger partial charge in [-0.15, -0.1) is 0 Å². The van der Waals surface area contributed by atoms with Crippen molar-refractivity contribution >= 4 is 34.8 Å². The molecule has 1 unspecified atom stereocenters. The van der Waals surface area contributed by atoms with Gasteiger partial charge in [0.25, 0.3) is 5.91 Å². The monoisotopic (exact) mass is 442 g/mol. The quantitative estimate of drug-likeness (QED) is 0.308. The SMILES string of the molecule is CC(CCc1ccccc1)NC(=O)c1ccc(CNc2nc(=S)[nH]c3ccccc23)cc1. The molecule has 0 bridgehead atoms. The molecule has 1 atom stereocenters. The first-order chi connectivity index (χ1) is 15.6. The molecule has 32 heavy (non-hydrogen) atoms. The van der Waals surface area contributed by atoms with Crippen LogP contribution in [0.2, 0.25) is 0 Å². The molecule has 4 rings (SSSR count). The third kappa shape index (κ3) is 5.59. The van der Waals surface area contributed by atoms with Crippen molar-refractivity contribution in [3.05, 3.63) is 100 Å². The van der Waals surface area contributed by atoms with Crippen LogP contribution in [0, 0.1) is 4.77 Å². The van der Waals surface area contributed by atoms with Crippen molar-refractivity contribution in [2.75, 3.05) is 5.32 Å². The summed E-state index contributed by atoms with van der Waals surface area (Å²) in [4.78, 5) is 20.1.